The molecule has 0 atom stereocenters. The molecule has 2 heterocycles. The predicted octanol–water partition coefficient (Wildman–Crippen LogP) is 4.01. The number of para-hydroxylation sites is 1. The van der Waals surface area contributed by atoms with Crippen molar-refractivity contribution in [1.82, 2.24) is 8.87 Å². The summed E-state index contributed by atoms with van der Waals surface area (Å²) in [5, 5.41) is 9.51. The highest BCUT2D eigenvalue weighted by atomic mass is 32.2. The lowest BCUT2D eigenvalue weighted by molar-refractivity contribution is 0.0697. The summed E-state index contributed by atoms with van der Waals surface area (Å²) >= 11 is 1.61. The number of fused-ring (bicyclic) bond motifs is 1. The van der Waals surface area contributed by atoms with Crippen molar-refractivity contribution in [3.63, 3.8) is 0 Å². The van der Waals surface area contributed by atoms with Crippen LogP contribution >= 0.6 is 11.9 Å². The second-order valence-electron chi connectivity index (χ2n) is 5.57. The van der Waals surface area contributed by atoms with E-state index in [1.165, 1.54) is 10.5 Å². The minimum atomic E-state index is -0.963. The van der Waals surface area contributed by atoms with E-state index in [0.717, 1.165) is 6.54 Å². The number of rotatable bonds is 2. The first-order chi connectivity index (χ1) is 12.2. The molecule has 0 amide bonds. The molecule has 0 spiro atoms. The highest BCUT2D eigenvalue weighted by molar-refractivity contribution is 7.97. The average Bonchev–Trinajstić information content (AvgIpc) is 3.28. The van der Waals surface area contributed by atoms with Crippen LogP contribution in [-0.2, 0) is 6.54 Å². The largest absolute Gasteiger partial charge is 0.478 e. The zero-order valence-corrected chi connectivity index (χ0v) is 14.0. The molecular weight excluding hydrogens is 332 g/mol. The molecule has 0 fully saturated rings. The lowest BCUT2D eigenvalue weighted by Crippen LogP contribution is -2.07. The lowest BCUT2D eigenvalue weighted by Gasteiger charge is -2.10. The number of carboxylic acid groups (broad SMARTS) is 1. The van der Waals surface area contributed by atoms with E-state index in [1.807, 2.05) is 47.0 Å². The van der Waals surface area contributed by atoms with E-state index < -0.39 is 5.97 Å². The lowest BCUT2D eigenvalue weighted by atomic mass is 10.1. The quantitative estimate of drug-likeness (QED) is 0.563. The van der Waals surface area contributed by atoms with Crippen molar-refractivity contribution in [1.29, 1.82) is 0 Å². The summed E-state index contributed by atoms with van der Waals surface area (Å²) in [5.74, 6) is 2.18. The Morgan fingerprint density at radius 3 is 2.60 bits per heavy atom. The van der Waals surface area contributed by atoms with E-state index in [0.29, 0.717) is 11.3 Å². The molecule has 25 heavy (non-hydrogen) atoms. The van der Waals surface area contributed by atoms with Crippen LogP contribution in [0.1, 0.15) is 21.5 Å². The minimum absolute atomic E-state index is 0.236. The predicted molar refractivity (Wildman–Crippen MR) is 97.4 cm³/mol. The Hall–Kier alpha value is -3.10. The molecule has 4 nitrogen and oxygen atoms in total. The van der Waals surface area contributed by atoms with Gasteiger partial charge >= 0.3 is 5.97 Å². The molecule has 122 valence electrons. The van der Waals surface area contributed by atoms with E-state index >= 15 is 0 Å². The monoisotopic (exact) mass is 346 g/mol. The third kappa shape index (κ3) is 3.00. The smallest absolute Gasteiger partial charge is 0.337 e. The van der Waals surface area contributed by atoms with Gasteiger partial charge in [-0.05, 0) is 53.8 Å². The van der Waals surface area contributed by atoms with Crippen molar-refractivity contribution in [2.45, 2.75) is 11.4 Å². The van der Waals surface area contributed by atoms with Gasteiger partial charge in [-0.2, -0.15) is 0 Å². The molecule has 1 N–H and O–H groups in total. The summed E-state index contributed by atoms with van der Waals surface area (Å²) in [7, 11) is 0. The average molecular weight is 346 g/mol. The van der Waals surface area contributed by atoms with Crippen molar-refractivity contribution < 1.29 is 9.90 Å². The number of aromatic carboxylic acids is 1. The molecule has 4 rings (SSSR count). The standard InChI is InChI=1S/C20H14N2O2S/c23-20(24)17-8-5-7-15(19(17)21-11-3-4-12-21)10-13-22-14-16-6-1-2-9-18(16)25-22/h1-9,11-12H,14H2,(H,23,24). The van der Waals surface area contributed by atoms with Gasteiger partial charge in [0.25, 0.3) is 0 Å². The maximum absolute atomic E-state index is 11.6. The van der Waals surface area contributed by atoms with E-state index in [1.54, 1.807) is 28.6 Å². The molecule has 1 aromatic heterocycles. The Bertz CT molecular complexity index is 975. The van der Waals surface area contributed by atoms with Crippen LogP contribution in [0.4, 0.5) is 0 Å². The topological polar surface area (TPSA) is 45.5 Å². The van der Waals surface area contributed by atoms with Crippen LogP contribution < -0.4 is 0 Å². The maximum atomic E-state index is 11.6. The summed E-state index contributed by atoms with van der Waals surface area (Å²) in [6.07, 6.45) is 3.65. The molecule has 3 aromatic rings. The Kier molecular flexibility index (Phi) is 3.96. The third-order valence-corrected chi connectivity index (χ3v) is 4.98. The SMILES string of the molecule is O=C(O)c1cccc(C#CN2Cc3ccccc3S2)c1-n1cccc1. The highest BCUT2D eigenvalue weighted by Crippen LogP contribution is 2.34. The summed E-state index contributed by atoms with van der Waals surface area (Å²) in [4.78, 5) is 12.8. The first-order valence-electron chi connectivity index (χ1n) is 7.77. The fourth-order valence-electron chi connectivity index (χ4n) is 2.79. The first kappa shape index (κ1) is 15.4. The molecule has 0 saturated carbocycles. The second-order valence-corrected chi connectivity index (χ2v) is 6.63. The van der Waals surface area contributed by atoms with Crippen molar-refractivity contribution in [3.05, 3.63) is 83.7 Å². The Morgan fingerprint density at radius 1 is 1.04 bits per heavy atom. The second kappa shape index (κ2) is 6.42. The van der Waals surface area contributed by atoms with Gasteiger partial charge in [0.15, 0.2) is 0 Å². The zero-order valence-electron chi connectivity index (χ0n) is 13.2. The third-order valence-electron chi connectivity index (χ3n) is 3.94. The van der Waals surface area contributed by atoms with E-state index in [2.05, 4.69) is 24.1 Å². The number of aromatic nitrogens is 1. The molecule has 0 unspecified atom stereocenters. The van der Waals surface area contributed by atoms with E-state index in [9.17, 15) is 9.90 Å². The number of carboxylic acids is 1. The van der Waals surface area contributed by atoms with Gasteiger partial charge in [0.1, 0.15) is 0 Å². The fraction of sp³-hybridized carbons (Fsp3) is 0.0500. The summed E-state index contributed by atoms with van der Waals surface area (Å²) in [6, 6.07) is 20.3. The van der Waals surface area contributed by atoms with Crippen molar-refractivity contribution in [2.24, 2.45) is 0 Å². The molecule has 0 aliphatic carbocycles. The molecule has 0 bridgehead atoms. The molecule has 5 heteroatoms. The van der Waals surface area contributed by atoms with Crippen molar-refractivity contribution >= 4 is 17.9 Å². The number of carbonyl (C=O) groups is 1. The molecule has 0 saturated heterocycles. The van der Waals surface area contributed by atoms with Crippen LogP contribution in [-0.4, -0.2) is 19.9 Å². The van der Waals surface area contributed by atoms with Crippen molar-refractivity contribution in [3.8, 4) is 17.7 Å². The Balaban J connectivity index is 1.71. The van der Waals surface area contributed by atoms with Gasteiger partial charge in [-0.25, -0.2) is 4.79 Å². The van der Waals surface area contributed by atoms with Crippen LogP contribution in [0.3, 0.4) is 0 Å². The van der Waals surface area contributed by atoms with E-state index in [4.69, 9.17) is 0 Å². The van der Waals surface area contributed by atoms with Gasteiger partial charge < -0.3 is 9.67 Å². The molecular formula is C20H14N2O2S. The van der Waals surface area contributed by atoms with Gasteiger partial charge in [0.05, 0.1) is 23.4 Å². The number of hydrogen-bond acceptors (Lipinski definition) is 3. The van der Waals surface area contributed by atoms with Gasteiger partial charge in [0, 0.05) is 23.3 Å². The van der Waals surface area contributed by atoms with Crippen LogP contribution in [0.2, 0.25) is 0 Å². The van der Waals surface area contributed by atoms with Gasteiger partial charge in [-0.3, -0.25) is 4.31 Å². The van der Waals surface area contributed by atoms with Gasteiger partial charge in [-0.15, -0.1) is 0 Å². The maximum Gasteiger partial charge on any atom is 0.337 e. The number of benzene rings is 2. The molecule has 0 radical (unpaired) electrons. The number of nitrogens with zero attached hydrogens (tertiary/aromatic N) is 2. The van der Waals surface area contributed by atoms with Crippen LogP contribution in [0.25, 0.3) is 5.69 Å². The van der Waals surface area contributed by atoms with Crippen LogP contribution in [0.5, 0.6) is 0 Å². The minimum Gasteiger partial charge on any atom is -0.478 e. The first-order valence-corrected chi connectivity index (χ1v) is 8.54. The molecule has 1 aliphatic heterocycles. The zero-order chi connectivity index (χ0) is 17.2. The Morgan fingerprint density at radius 2 is 1.84 bits per heavy atom. The summed E-state index contributed by atoms with van der Waals surface area (Å²) in [5.41, 5.74) is 2.77. The highest BCUT2D eigenvalue weighted by Gasteiger charge is 2.18. The summed E-state index contributed by atoms with van der Waals surface area (Å²) < 4.78 is 3.76. The van der Waals surface area contributed by atoms with Crippen LogP contribution in [0, 0.1) is 12.0 Å². The summed E-state index contributed by atoms with van der Waals surface area (Å²) in [6.45, 7) is 0.755. The molecule has 1 aliphatic rings. The Labute approximate surface area is 149 Å². The normalized spacial score (nSPS) is 12.4. The van der Waals surface area contributed by atoms with Crippen molar-refractivity contribution in [2.75, 3.05) is 0 Å². The fourth-order valence-corrected chi connectivity index (χ4v) is 3.71. The van der Waals surface area contributed by atoms with Gasteiger partial charge in [0.2, 0.25) is 0 Å². The van der Waals surface area contributed by atoms with E-state index in [-0.39, 0.29) is 5.56 Å². The number of hydrogen-bond donors (Lipinski definition) is 1. The molecule has 2 aromatic carbocycles. The van der Waals surface area contributed by atoms with Gasteiger partial charge in [-0.1, -0.05) is 24.3 Å². The van der Waals surface area contributed by atoms with Crippen LogP contribution in [0.15, 0.2) is 71.9 Å².